The second-order valence-electron chi connectivity index (χ2n) is 4.92. The van der Waals surface area contributed by atoms with E-state index in [1.165, 1.54) is 17.4 Å². The molecule has 0 aromatic carbocycles. The Morgan fingerprint density at radius 1 is 1.56 bits per heavy atom. The van der Waals surface area contributed by atoms with Gasteiger partial charge in [-0.15, -0.1) is 11.3 Å². The van der Waals surface area contributed by atoms with Crippen LogP contribution in [-0.4, -0.2) is 20.8 Å². The molecule has 0 saturated heterocycles. The van der Waals surface area contributed by atoms with Crippen molar-refractivity contribution in [3.8, 4) is 0 Å². The van der Waals surface area contributed by atoms with Gasteiger partial charge in [0.15, 0.2) is 10.1 Å². The van der Waals surface area contributed by atoms with Gasteiger partial charge in [-0.25, -0.2) is 4.98 Å². The van der Waals surface area contributed by atoms with Gasteiger partial charge in [0, 0.05) is 23.2 Å². The molecule has 2 heterocycles. The van der Waals surface area contributed by atoms with Crippen LogP contribution in [0.4, 0.5) is 0 Å². The first-order valence-electron chi connectivity index (χ1n) is 5.48. The van der Waals surface area contributed by atoms with Crippen molar-refractivity contribution in [2.75, 3.05) is 0 Å². The third kappa shape index (κ3) is 2.91. The summed E-state index contributed by atoms with van der Waals surface area (Å²) in [5.41, 5.74) is 0.470. The number of imidazole rings is 1. The van der Waals surface area contributed by atoms with E-state index in [4.69, 9.17) is 11.6 Å². The van der Waals surface area contributed by atoms with E-state index in [1.807, 2.05) is 36.7 Å². The molecular formula is C12H14ClN3OS. The largest absolute Gasteiger partial charge is 0.348 e. The zero-order valence-electron chi connectivity index (χ0n) is 10.4. The molecule has 0 atom stereocenters. The van der Waals surface area contributed by atoms with Crippen molar-refractivity contribution in [3.63, 3.8) is 0 Å². The van der Waals surface area contributed by atoms with Gasteiger partial charge in [-0.2, -0.15) is 0 Å². The molecular weight excluding hydrogens is 270 g/mol. The first-order chi connectivity index (χ1) is 8.37. The monoisotopic (exact) mass is 283 g/mol. The molecule has 0 aliphatic heterocycles. The van der Waals surface area contributed by atoms with Crippen molar-refractivity contribution in [1.82, 2.24) is 14.7 Å². The van der Waals surface area contributed by atoms with E-state index in [1.54, 1.807) is 6.08 Å². The average Bonchev–Trinajstić information content (AvgIpc) is 2.72. The average molecular weight is 284 g/mol. The number of aromatic nitrogens is 2. The molecule has 4 nitrogen and oxygen atoms in total. The topological polar surface area (TPSA) is 46.4 Å². The summed E-state index contributed by atoms with van der Waals surface area (Å²) in [6.07, 6.45) is 5.02. The molecule has 0 aliphatic carbocycles. The van der Waals surface area contributed by atoms with Gasteiger partial charge in [0.2, 0.25) is 5.91 Å². The fourth-order valence-electron chi connectivity index (χ4n) is 1.49. The van der Waals surface area contributed by atoms with Crippen molar-refractivity contribution in [1.29, 1.82) is 0 Å². The number of amides is 1. The highest BCUT2D eigenvalue weighted by Crippen LogP contribution is 2.22. The Kier molecular flexibility index (Phi) is 3.45. The minimum atomic E-state index is -0.250. The van der Waals surface area contributed by atoms with Crippen LogP contribution in [0.1, 0.15) is 26.5 Å². The number of rotatable bonds is 2. The summed E-state index contributed by atoms with van der Waals surface area (Å²) >= 11 is 7.52. The molecule has 0 spiro atoms. The summed E-state index contributed by atoms with van der Waals surface area (Å²) in [7, 11) is 0. The van der Waals surface area contributed by atoms with Crippen molar-refractivity contribution in [2.45, 2.75) is 26.3 Å². The van der Waals surface area contributed by atoms with Crippen molar-refractivity contribution in [2.24, 2.45) is 0 Å². The molecule has 0 unspecified atom stereocenters. The molecule has 2 aromatic rings. The summed E-state index contributed by atoms with van der Waals surface area (Å²) in [5.74, 6) is -0.149. The number of hydrogen-bond acceptors (Lipinski definition) is 3. The highest BCUT2D eigenvalue weighted by molar-refractivity contribution is 7.15. The third-order valence-corrected chi connectivity index (χ3v) is 3.18. The predicted octanol–water partition coefficient (Wildman–Crippen LogP) is 2.98. The van der Waals surface area contributed by atoms with Crippen LogP contribution < -0.4 is 5.32 Å². The summed E-state index contributed by atoms with van der Waals surface area (Å²) in [5, 5.41) is 5.17. The van der Waals surface area contributed by atoms with Gasteiger partial charge >= 0.3 is 0 Å². The molecule has 0 bridgehead atoms. The van der Waals surface area contributed by atoms with E-state index in [2.05, 4.69) is 10.3 Å². The Morgan fingerprint density at radius 3 is 2.94 bits per heavy atom. The molecule has 96 valence electrons. The first-order valence-corrected chi connectivity index (χ1v) is 6.74. The zero-order valence-corrected chi connectivity index (χ0v) is 12.0. The Bertz CT molecular complexity index is 606. The Hall–Kier alpha value is -1.33. The minimum Gasteiger partial charge on any atom is -0.348 e. The lowest BCUT2D eigenvalue weighted by atomic mass is 10.1. The van der Waals surface area contributed by atoms with Crippen LogP contribution in [0.25, 0.3) is 11.0 Å². The lowest BCUT2D eigenvalue weighted by Crippen LogP contribution is -2.39. The van der Waals surface area contributed by atoms with Crippen LogP contribution in [0.5, 0.6) is 0 Å². The molecule has 18 heavy (non-hydrogen) atoms. The zero-order chi connectivity index (χ0) is 13.3. The highest BCUT2D eigenvalue weighted by Gasteiger charge is 2.12. The molecule has 0 saturated carbocycles. The fraction of sp³-hybridized carbons (Fsp3) is 0.333. The maximum Gasteiger partial charge on any atom is 0.244 e. The summed E-state index contributed by atoms with van der Waals surface area (Å²) in [6.45, 7) is 5.80. The van der Waals surface area contributed by atoms with E-state index in [0.717, 1.165) is 10.7 Å². The van der Waals surface area contributed by atoms with Crippen LogP contribution in [0.3, 0.4) is 0 Å². The number of carbonyl (C=O) groups is 1. The third-order valence-electron chi connectivity index (χ3n) is 2.14. The normalized spacial score (nSPS) is 12.4. The van der Waals surface area contributed by atoms with Gasteiger partial charge in [-0.05, 0) is 26.8 Å². The number of fused-ring (bicyclic) bond motifs is 1. The molecule has 2 aromatic heterocycles. The van der Waals surface area contributed by atoms with Gasteiger partial charge in [0.05, 0.1) is 5.69 Å². The first kappa shape index (κ1) is 13.1. The molecule has 2 rings (SSSR count). The summed E-state index contributed by atoms with van der Waals surface area (Å²) in [4.78, 5) is 16.7. The number of nitrogens with one attached hydrogen (secondary N) is 1. The molecule has 6 heteroatoms. The van der Waals surface area contributed by atoms with Gasteiger partial charge in [0.1, 0.15) is 0 Å². The smallest absolute Gasteiger partial charge is 0.244 e. The number of nitrogens with zero attached hydrogens (tertiary/aromatic N) is 2. The lowest BCUT2D eigenvalue weighted by molar-refractivity contribution is -0.117. The van der Waals surface area contributed by atoms with Gasteiger partial charge in [-0.3, -0.25) is 9.20 Å². The van der Waals surface area contributed by atoms with Crippen LogP contribution in [0.2, 0.25) is 5.15 Å². The predicted molar refractivity (Wildman–Crippen MR) is 75.0 cm³/mol. The van der Waals surface area contributed by atoms with E-state index in [9.17, 15) is 4.79 Å². The molecule has 0 fully saturated rings. The SMILES string of the molecule is CC(C)(C)NC(=O)C=Cc1c(Cl)nc2sccn12. The second kappa shape index (κ2) is 4.74. The minimum absolute atomic E-state index is 0.149. The molecule has 0 aliphatic rings. The van der Waals surface area contributed by atoms with Crippen molar-refractivity contribution >= 4 is 39.9 Å². The quantitative estimate of drug-likeness (QED) is 0.861. The molecule has 1 amide bonds. The van der Waals surface area contributed by atoms with Crippen molar-refractivity contribution in [3.05, 3.63) is 28.5 Å². The second-order valence-corrected chi connectivity index (χ2v) is 6.15. The lowest BCUT2D eigenvalue weighted by Gasteiger charge is -2.18. The number of halogens is 1. The van der Waals surface area contributed by atoms with Crippen LogP contribution >= 0.6 is 22.9 Å². The number of carbonyl (C=O) groups excluding carboxylic acids is 1. The maximum atomic E-state index is 11.7. The Balaban J connectivity index is 2.20. The van der Waals surface area contributed by atoms with Crippen LogP contribution in [0.15, 0.2) is 17.7 Å². The standard InChI is InChI=1S/C12H14ClN3OS/c1-12(2,3)15-9(17)5-4-8-10(13)14-11-16(8)6-7-18-11/h4-7H,1-3H3,(H,15,17). The highest BCUT2D eigenvalue weighted by atomic mass is 35.5. The van der Waals surface area contributed by atoms with Gasteiger partial charge in [0.25, 0.3) is 0 Å². The summed E-state index contributed by atoms with van der Waals surface area (Å²) in [6, 6.07) is 0. The van der Waals surface area contributed by atoms with E-state index in [-0.39, 0.29) is 11.4 Å². The maximum absolute atomic E-state index is 11.7. The van der Waals surface area contributed by atoms with Gasteiger partial charge < -0.3 is 5.32 Å². The number of hydrogen-bond donors (Lipinski definition) is 1. The Morgan fingerprint density at radius 2 is 2.28 bits per heavy atom. The fourth-order valence-corrected chi connectivity index (χ4v) is 2.50. The Labute approximate surface area is 114 Å². The van der Waals surface area contributed by atoms with Crippen molar-refractivity contribution < 1.29 is 4.79 Å². The molecule has 1 N–H and O–H groups in total. The number of thiazole rings is 1. The van der Waals surface area contributed by atoms with Gasteiger partial charge in [-0.1, -0.05) is 11.6 Å². The van der Waals surface area contributed by atoms with E-state index in [0.29, 0.717) is 5.15 Å². The summed E-state index contributed by atoms with van der Waals surface area (Å²) < 4.78 is 1.86. The van der Waals surface area contributed by atoms with E-state index >= 15 is 0 Å². The van der Waals surface area contributed by atoms with Crippen LogP contribution in [0, 0.1) is 0 Å². The molecule has 0 radical (unpaired) electrons. The van der Waals surface area contributed by atoms with Crippen LogP contribution in [-0.2, 0) is 4.79 Å². The van der Waals surface area contributed by atoms with E-state index < -0.39 is 0 Å².